The van der Waals surface area contributed by atoms with Crippen LogP contribution in [0.3, 0.4) is 0 Å². The van der Waals surface area contributed by atoms with Crippen molar-refractivity contribution >= 4 is 10.8 Å². The molecule has 1 aliphatic heterocycles. The summed E-state index contributed by atoms with van der Waals surface area (Å²) in [4.78, 5) is 4.12. The number of terminal acetylenes is 1. The van der Waals surface area contributed by atoms with E-state index in [1.165, 1.54) is 5.39 Å². The molecule has 0 N–H and O–H groups in total. The van der Waals surface area contributed by atoms with E-state index in [1.807, 2.05) is 22.9 Å². The number of rotatable bonds is 6. The second kappa shape index (κ2) is 7.30. The molecule has 1 aliphatic rings. The smallest absolute Gasteiger partial charge is 0.214 e. The molecule has 5 heteroatoms. The molecule has 2 unspecified atom stereocenters. The van der Waals surface area contributed by atoms with Crippen LogP contribution in [-0.2, 0) is 26.5 Å². The minimum absolute atomic E-state index is 0.168. The number of imidazole rings is 1. The number of nitrogens with zero attached hydrogens (tertiary/aromatic N) is 2. The summed E-state index contributed by atoms with van der Waals surface area (Å²) in [5, 5.41) is 2.33. The van der Waals surface area contributed by atoms with Gasteiger partial charge in [-0.15, -0.1) is 6.42 Å². The summed E-state index contributed by atoms with van der Waals surface area (Å²) in [5.41, 5.74) is 0.976. The fraction of sp³-hybridized carbons (Fsp3) is 0.286. The second-order valence-corrected chi connectivity index (χ2v) is 6.32. The van der Waals surface area contributed by atoms with Crippen LogP contribution < -0.4 is 0 Å². The van der Waals surface area contributed by atoms with Crippen LogP contribution in [-0.4, -0.2) is 35.5 Å². The summed E-state index contributed by atoms with van der Waals surface area (Å²) in [7, 11) is 0. The van der Waals surface area contributed by atoms with Crippen LogP contribution in [0.1, 0.15) is 5.56 Å². The maximum Gasteiger partial charge on any atom is 0.214 e. The van der Waals surface area contributed by atoms with Crippen molar-refractivity contribution in [2.24, 2.45) is 0 Å². The van der Waals surface area contributed by atoms with Crippen LogP contribution in [0, 0.1) is 12.3 Å². The van der Waals surface area contributed by atoms with Gasteiger partial charge in [0.25, 0.3) is 0 Å². The Balaban J connectivity index is 1.65. The molecule has 2 heterocycles. The summed E-state index contributed by atoms with van der Waals surface area (Å²) in [5.74, 6) is 1.59. The van der Waals surface area contributed by atoms with Gasteiger partial charge in [-0.1, -0.05) is 42.3 Å². The van der Waals surface area contributed by atoms with Crippen LogP contribution >= 0.6 is 0 Å². The van der Waals surface area contributed by atoms with E-state index in [0.29, 0.717) is 19.8 Å². The predicted molar refractivity (Wildman–Crippen MR) is 98.3 cm³/mol. The van der Waals surface area contributed by atoms with Crippen LogP contribution in [0.4, 0.5) is 0 Å². The van der Waals surface area contributed by atoms with Gasteiger partial charge in [-0.05, 0) is 16.8 Å². The molecule has 1 aromatic heterocycles. The van der Waals surface area contributed by atoms with Crippen LogP contribution in [0.2, 0.25) is 0 Å². The van der Waals surface area contributed by atoms with Crippen LogP contribution in [0.15, 0.2) is 61.2 Å². The van der Waals surface area contributed by atoms with Gasteiger partial charge >= 0.3 is 0 Å². The molecule has 0 saturated carbocycles. The molecule has 0 spiro atoms. The number of fused-ring (bicyclic) bond motifs is 1. The Bertz CT molecular complexity index is 916. The van der Waals surface area contributed by atoms with Crippen molar-refractivity contribution in [2.45, 2.75) is 18.4 Å². The number of hydrogen-bond donors (Lipinski definition) is 0. The van der Waals surface area contributed by atoms with Gasteiger partial charge in [-0.2, -0.15) is 0 Å². The number of aromatic nitrogens is 2. The summed E-state index contributed by atoms with van der Waals surface area (Å²) >= 11 is 0. The zero-order valence-electron chi connectivity index (χ0n) is 14.4. The normalized spacial score (nSPS) is 22.5. The lowest BCUT2D eigenvalue weighted by Crippen LogP contribution is -2.34. The van der Waals surface area contributed by atoms with Gasteiger partial charge in [0.1, 0.15) is 12.7 Å². The molecule has 1 fully saturated rings. The molecule has 0 radical (unpaired) electrons. The van der Waals surface area contributed by atoms with Crippen molar-refractivity contribution in [1.29, 1.82) is 0 Å². The minimum atomic E-state index is -0.880. The SMILES string of the molecule is C#CCOCC1COC(Cn2ccnc2)(c2ccc3ccccc3c2)O1. The molecule has 0 bridgehead atoms. The van der Waals surface area contributed by atoms with E-state index < -0.39 is 5.79 Å². The highest BCUT2D eigenvalue weighted by Gasteiger charge is 2.43. The highest BCUT2D eigenvalue weighted by atomic mass is 16.8. The van der Waals surface area contributed by atoms with Gasteiger partial charge in [-0.25, -0.2) is 4.98 Å². The molecule has 3 aromatic rings. The lowest BCUT2D eigenvalue weighted by atomic mass is 10.0. The Morgan fingerprint density at radius 2 is 2.15 bits per heavy atom. The quantitative estimate of drug-likeness (QED) is 0.508. The third-order valence-corrected chi connectivity index (χ3v) is 4.49. The van der Waals surface area contributed by atoms with E-state index in [0.717, 1.165) is 10.9 Å². The van der Waals surface area contributed by atoms with Crippen molar-refractivity contribution in [3.63, 3.8) is 0 Å². The zero-order valence-corrected chi connectivity index (χ0v) is 14.4. The molecular weight excluding hydrogens is 328 g/mol. The highest BCUT2D eigenvalue weighted by molar-refractivity contribution is 5.83. The van der Waals surface area contributed by atoms with Crippen LogP contribution in [0.5, 0.6) is 0 Å². The standard InChI is InChI=1S/C21H20N2O3/c1-2-11-24-13-20-14-25-21(26-20,15-23-10-9-22-16-23)19-8-7-17-5-3-4-6-18(17)12-19/h1,3-10,12,16,20H,11,13-15H2. The molecule has 0 aliphatic carbocycles. The van der Waals surface area contributed by atoms with Crippen molar-refractivity contribution < 1.29 is 14.2 Å². The van der Waals surface area contributed by atoms with E-state index in [-0.39, 0.29) is 12.7 Å². The predicted octanol–water partition coefficient (Wildman–Crippen LogP) is 2.95. The molecule has 4 rings (SSSR count). The average molecular weight is 348 g/mol. The summed E-state index contributed by atoms with van der Waals surface area (Å²) in [6.07, 6.45) is 10.5. The summed E-state index contributed by atoms with van der Waals surface area (Å²) in [6.45, 7) is 1.64. The lowest BCUT2D eigenvalue weighted by molar-refractivity contribution is -0.191. The molecule has 2 atom stereocenters. The zero-order chi connectivity index (χ0) is 17.8. The molecular formula is C21H20N2O3. The highest BCUT2D eigenvalue weighted by Crippen LogP contribution is 2.37. The Morgan fingerprint density at radius 1 is 1.27 bits per heavy atom. The number of hydrogen-bond acceptors (Lipinski definition) is 4. The Kier molecular flexibility index (Phi) is 4.72. The van der Waals surface area contributed by atoms with Gasteiger partial charge in [0.2, 0.25) is 5.79 Å². The van der Waals surface area contributed by atoms with Crippen molar-refractivity contribution in [3.05, 3.63) is 66.7 Å². The molecule has 5 nitrogen and oxygen atoms in total. The second-order valence-electron chi connectivity index (χ2n) is 6.32. The lowest BCUT2D eigenvalue weighted by Gasteiger charge is -2.29. The fourth-order valence-corrected chi connectivity index (χ4v) is 3.27. The van der Waals surface area contributed by atoms with Crippen LogP contribution in [0.25, 0.3) is 10.8 Å². The largest absolute Gasteiger partial charge is 0.366 e. The van der Waals surface area contributed by atoms with Crippen molar-refractivity contribution in [3.8, 4) is 12.3 Å². The first-order chi connectivity index (χ1) is 12.8. The van der Waals surface area contributed by atoms with E-state index in [1.54, 1.807) is 12.5 Å². The first-order valence-corrected chi connectivity index (χ1v) is 8.57. The van der Waals surface area contributed by atoms with E-state index >= 15 is 0 Å². The van der Waals surface area contributed by atoms with Crippen molar-refractivity contribution in [2.75, 3.05) is 19.8 Å². The Morgan fingerprint density at radius 3 is 2.96 bits per heavy atom. The van der Waals surface area contributed by atoms with Gasteiger partial charge in [0.05, 0.1) is 26.1 Å². The van der Waals surface area contributed by atoms with Gasteiger partial charge in [0.15, 0.2) is 0 Å². The topological polar surface area (TPSA) is 45.5 Å². The molecule has 1 saturated heterocycles. The molecule has 0 amide bonds. The number of ether oxygens (including phenoxy) is 3. The maximum absolute atomic E-state index is 6.34. The monoisotopic (exact) mass is 348 g/mol. The van der Waals surface area contributed by atoms with Gasteiger partial charge < -0.3 is 18.8 Å². The molecule has 26 heavy (non-hydrogen) atoms. The van der Waals surface area contributed by atoms with Gasteiger partial charge in [-0.3, -0.25) is 0 Å². The first-order valence-electron chi connectivity index (χ1n) is 8.57. The van der Waals surface area contributed by atoms with E-state index in [4.69, 9.17) is 20.6 Å². The minimum Gasteiger partial charge on any atom is -0.366 e. The molecule has 2 aromatic carbocycles. The first kappa shape index (κ1) is 16.8. The van der Waals surface area contributed by atoms with Crippen molar-refractivity contribution in [1.82, 2.24) is 9.55 Å². The summed E-state index contributed by atoms with van der Waals surface area (Å²) < 4.78 is 19.9. The maximum atomic E-state index is 6.34. The Hall–Kier alpha value is -2.65. The fourth-order valence-electron chi connectivity index (χ4n) is 3.27. The third-order valence-electron chi connectivity index (χ3n) is 4.49. The third kappa shape index (κ3) is 3.35. The summed E-state index contributed by atoms with van der Waals surface area (Å²) in [6, 6.07) is 14.5. The molecule has 132 valence electrons. The average Bonchev–Trinajstić information content (AvgIpc) is 3.33. The van der Waals surface area contributed by atoms with E-state index in [9.17, 15) is 0 Å². The number of benzene rings is 2. The van der Waals surface area contributed by atoms with Gasteiger partial charge in [0, 0.05) is 18.0 Å². The Labute approximate surface area is 152 Å². The van der Waals surface area contributed by atoms with E-state index in [2.05, 4.69) is 41.2 Å².